The van der Waals surface area contributed by atoms with Gasteiger partial charge in [0, 0.05) is 34.5 Å². The van der Waals surface area contributed by atoms with Gasteiger partial charge in [0.05, 0.1) is 6.20 Å². The fourth-order valence-corrected chi connectivity index (χ4v) is 3.15. The molecule has 2 N–H and O–H groups in total. The minimum atomic E-state index is -0.201. The van der Waals surface area contributed by atoms with Crippen molar-refractivity contribution in [2.24, 2.45) is 0 Å². The van der Waals surface area contributed by atoms with Crippen molar-refractivity contribution in [3.63, 3.8) is 0 Å². The van der Waals surface area contributed by atoms with Crippen LogP contribution in [0.3, 0.4) is 0 Å². The molecule has 0 spiro atoms. The van der Waals surface area contributed by atoms with Crippen LogP contribution in [0.1, 0.15) is 11.3 Å². The molecule has 0 aliphatic heterocycles. The van der Waals surface area contributed by atoms with Crippen molar-refractivity contribution in [1.82, 2.24) is 9.55 Å². The van der Waals surface area contributed by atoms with Gasteiger partial charge in [-0.3, -0.25) is 9.59 Å². The van der Waals surface area contributed by atoms with Gasteiger partial charge in [-0.05, 0) is 36.8 Å². The summed E-state index contributed by atoms with van der Waals surface area (Å²) in [7, 11) is 0. The van der Waals surface area contributed by atoms with Crippen LogP contribution >= 0.6 is 0 Å². The molecule has 6 nitrogen and oxygen atoms in total. The monoisotopic (exact) mass is 387 g/mol. The maximum atomic E-state index is 12.5. The van der Waals surface area contributed by atoms with Crippen LogP contribution in [0, 0.1) is 6.92 Å². The fourth-order valence-electron chi connectivity index (χ4n) is 3.15. The van der Waals surface area contributed by atoms with Gasteiger partial charge in [0.2, 0.25) is 11.3 Å². The number of rotatable bonds is 6. The van der Waals surface area contributed by atoms with E-state index in [1.54, 1.807) is 17.7 Å². The first-order valence-corrected chi connectivity index (χ1v) is 9.33. The molecule has 146 valence electrons. The average molecular weight is 387 g/mol. The Labute approximate surface area is 167 Å². The number of ether oxygens (including phenoxy) is 1. The topological polar surface area (TPSA) is 76.1 Å². The Kier molecular flexibility index (Phi) is 5.16. The number of fused-ring (bicyclic) bond motifs is 1. The smallest absolute Gasteiger partial charge is 0.244 e. The number of hydrogen-bond donors (Lipinski definition) is 2. The zero-order chi connectivity index (χ0) is 20.2. The molecule has 0 saturated carbocycles. The molecule has 1 amide bonds. The van der Waals surface area contributed by atoms with Crippen LogP contribution in [0.4, 0.5) is 5.69 Å². The van der Waals surface area contributed by atoms with E-state index in [1.807, 2.05) is 60.8 Å². The lowest BCUT2D eigenvalue weighted by atomic mass is 10.2. The summed E-state index contributed by atoms with van der Waals surface area (Å²) >= 11 is 0. The van der Waals surface area contributed by atoms with Crippen LogP contribution in [0.15, 0.2) is 77.9 Å². The van der Waals surface area contributed by atoms with Crippen molar-refractivity contribution in [3.8, 4) is 5.75 Å². The van der Waals surface area contributed by atoms with Crippen molar-refractivity contribution in [3.05, 3.63) is 94.5 Å². The maximum absolute atomic E-state index is 12.5. The second-order valence-electron chi connectivity index (χ2n) is 6.87. The zero-order valence-electron chi connectivity index (χ0n) is 16.0. The predicted octanol–water partition coefficient (Wildman–Crippen LogP) is 3.86. The van der Waals surface area contributed by atoms with Gasteiger partial charge in [0.25, 0.3) is 0 Å². The number of H-pyrrole nitrogens is 1. The van der Waals surface area contributed by atoms with Gasteiger partial charge < -0.3 is 19.6 Å². The average Bonchev–Trinajstić information content (AvgIpc) is 3.18. The molecule has 0 saturated heterocycles. The third-order valence-corrected chi connectivity index (χ3v) is 4.70. The highest BCUT2D eigenvalue weighted by Crippen LogP contribution is 2.18. The third-order valence-electron chi connectivity index (χ3n) is 4.70. The summed E-state index contributed by atoms with van der Waals surface area (Å²) < 4.78 is 7.40. The Balaban J connectivity index is 1.47. The standard InChI is InChI=1S/C23H21N3O3/c1-16-11-21(27)22(29-15-17-5-3-2-4-6-17)13-26(16)14-23(28)25-19-7-8-20-18(12-19)9-10-24-20/h2-13,24H,14-15H2,1H3,(H,25,28). The summed E-state index contributed by atoms with van der Waals surface area (Å²) in [5.41, 5.74) is 3.20. The molecule has 0 atom stereocenters. The Morgan fingerprint density at radius 1 is 1.10 bits per heavy atom. The highest BCUT2D eigenvalue weighted by atomic mass is 16.5. The Hall–Kier alpha value is -3.80. The van der Waals surface area contributed by atoms with E-state index in [-0.39, 0.29) is 23.6 Å². The van der Waals surface area contributed by atoms with Crippen LogP contribution in [-0.2, 0) is 17.9 Å². The van der Waals surface area contributed by atoms with Gasteiger partial charge in [0.1, 0.15) is 13.2 Å². The van der Waals surface area contributed by atoms with E-state index in [1.165, 1.54) is 6.07 Å². The number of benzene rings is 2. The Morgan fingerprint density at radius 3 is 2.76 bits per heavy atom. The quantitative estimate of drug-likeness (QED) is 0.528. The van der Waals surface area contributed by atoms with Crippen molar-refractivity contribution in [2.75, 3.05) is 5.32 Å². The molecule has 0 aliphatic carbocycles. The molecule has 2 heterocycles. The van der Waals surface area contributed by atoms with Gasteiger partial charge >= 0.3 is 0 Å². The number of pyridine rings is 1. The number of carbonyl (C=O) groups is 1. The SMILES string of the molecule is Cc1cc(=O)c(OCc2ccccc2)cn1CC(=O)Nc1ccc2[nH]ccc2c1. The van der Waals surface area contributed by atoms with Crippen molar-refractivity contribution >= 4 is 22.5 Å². The first-order chi connectivity index (χ1) is 14.1. The van der Waals surface area contributed by atoms with Crippen LogP contribution < -0.4 is 15.5 Å². The summed E-state index contributed by atoms with van der Waals surface area (Å²) in [5, 5.41) is 3.93. The Bertz CT molecular complexity index is 1210. The number of aromatic amines is 1. The van der Waals surface area contributed by atoms with Crippen molar-refractivity contribution < 1.29 is 9.53 Å². The third kappa shape index (κ3) is 4.38. The first kappa shape index (κ1) is 18.6. The van der Waals surface area contributed by atoms with Crippen LogP contribution in [-0.4, -0.2) is 15.5 Å². The summed E-state index contributed by atoms with van der Waals surface area (Å²) in [6, 6.07) is 18.7. The molecule has 4 aromatic rings. The van der Waals surface area contributed by atoms with E-state index >= 15 is 0 Å². The van der Waals surface area contributed by atoms with E-state index in [0.29, 0.717) is 12.3 Å². The number of nitrogens with zero attached hydrogens (tertiary/aromatic N) is 1. The molecule has 0 fully saturated rings. The highest BCUT2D eigenvalue weighted by molar-refractivity contribution is 5.93. The number of nitrogens with one attached hydrogen (secondary N) is 2. The number of carbonyl (C=O) groups excluding carboxylic acids is 1. The van der Waals surface area contributed by atoms with E-state index in [0.717, 1.165) is 22.2 Å². The van der Waals surface area contributed by atoms with E-state index in [9.17, 15) is 9.59 Å². The Morgan fingerprint density at radius 2 is 1.93 bits per heavy atom. The van der Waals surface area contributed by atoms with Gasteiger partial charge in [-0.2, -0.15) is 0 Å². The number of aryl methyl sites for hydroxylation is 1. The molecule has 2 aromatic carbocycles. The van der Waals surface area contributed by atoms with E-state index < -0.39 is 0 Å². The van der Waals surface area contributed by atoms with E-state index in [2.05, 4.69) is 10.3 Å². The lowest BCUT2D eigenvalue weighted by molar-refractivity contribution is -0.116. The molecule has 6 heteroatoms. The summed E-state index contributed by atoms with van der Waals surface area (Å²) in [6.07, 6.45) is 3.45. The minimum absolute atomic E-state index is 0.0823. The van der Waals surface area contributed by atoms with Gasteiger partial charge in [0.15, 0.2) is 5.75 Å². The van der Waals surface area contributed by atoms with Crippen molar-refractivity contribution in [1.29, 1.82) is 0 Å². The minimum Gasteiger partial charge on any atom is -0.483 e. The zero-order valence-corrected chi connectivity index (χ0v) is 16.0. The van der Waals surface area contributed by atoms with Crippen LogP contribution in [0.25, 0.3) is 10.9 Å². The van der Waals surface area contributed by atoms with Crippen LogP contribution in [0.5, 0.6) is 5.75 Å². The van der Waals surface area contributed by atoms with Gasteiger partial charge in [-0.25, -0.2) is 0 Å². The first-order valence-electron chi connectivity index (χ1n) is 9.33. The molecule has 0 bridgehead atoms. The summed E-state index contributed by atoms with van der Waals surface area (Å²) in [4.78, 5) is 27.9. The second kappa shape index (κ2) is 8.06. The van der Waals surface area contributed by atoms with E-state index in [4.69, 9.17) is 4.74 Å². The largest absolute Gasteiger partial charge is 0.483 e. The molecule has 4 rings (SSSR count). The number of aromatic nitrogens is 2. The lowest BCUT2D eigenvalue weighted by Gasteiger charge is -2.13. The molecule has 0 unspecified atom stereocenters. The van der Waals surface area contributed by atoms with Crippen molar-refractivity contribution in [2.45, 2.75) is 20.1 Å². The molecular formula is C23H21N3O3. The fraction of sp³-hybridized carbons (Fsp3) is 0.130. The number of amides is 1. The summed E-state index contributed by atoms with van der Waals surface area (Å²) in [6.45, 7) is 2.17. The molecule has 29 heavy (non-hydrogen) atoms. The predicted molar refractivity (Wildman–Crippen MR) is 113 cm³/mol. The van der Waals surface area contributed by atoms with Crippen LogP contribution in [0.2, 0.25) is 0 Å². The molecule has 0 aliphatic rings. The molecular weight excluding hydrogens is 366 g/mol. The summed E-state index contributed by atoms with van der Waals surface area (Å²) in [5.74, 6) is 0.0432. The maximum Gasteiger partial charge on any atom is 0.244 e. The second-order valence-corrected chi connectivity index (χ2v) is 6.87. The lowest BCUT2D eigenvalue weighted by Crippen LogP contribution is -2.22. The van der Waals surface area contributed by atoms with Gasteiger partial charge in [-0.1, -0.05) is 30.3 Å². The normalized spacial score (nSPS) is 10.8. The number of hydrogen-bond acceptors (Lipinski definition) is 3. The van der Waals surface area contributed by atoms with Gasteiger partial charge in [-0.15, -0.1) is 0 Å². The molecule has 2 aromatic heterocycles. The number of anilines is 1. The highest BCUT2D eigenvalue weighted by Gasteiger charge is 2.10. The molecule has 0 radical (unpaired) electrons.